The van der Waals surface area contributed by atoms with Gasteiger partial charge in [-0.25, -0.2) is 0 Å². The van der Waals surface area contributed by atoms with E-state index in [0.29, 0.717) is 11.8 Å². The topological polar surface area (TPSA) is 46.6 Å². The summed E-state index contributed by atoms with van der Waals surface area (Å²) in [5.41, 5.74) is 3.27. The summed E-state index contributed by atoms with van der Waals surface area (Å²) in [5, 5.41) is 5.36. The van der Waals surface area contributed by atoms with Crippen LogP contribution in [0.4, 0.5) is 5.69 Å². The average molecular weight is 412 g/mol. The zero-order chi connectivity index (χ0) is 20.1. The molecule has 2 heterocycles. The highest BCUT2D eigenvalue weighted by Crippen LogP contribution is 2.32. The van der Waals surface area contributed by atoms with Gasteiger partial charge in [0.05, 0.1) is 5.52 Å². The molecule has 1 aliphatic rings. The molecule has 29 heavy (non-hydrogen) atoms. The number of aromatic nitrogens is 1. The minimum absolute atomic E-state index is 0.318. The van der Waals surface area contributed by atoms with E-state index in [2.05, 4.69) is 34.3 Å². The third-order valence-corrected chi connectivity index (χ3v) is 5.29. The Balaban J connectivity index is 1.32. The minimum Gasteiger partial charge on any atom is -0.454 e. The van der Waals surface area contributed by atoms with Crippen molar-refractivity contribution in [1.29, 1.82) is 0 Å². The van der Waals surface area contributed by atoms with Crippen molar-refractivity contribution >= 4 is 28.2 Å². The fourth-order valence-electron chi connectivity index (χ4n) is 3.68. The number of ether oxygens (including phenoxy) is 2. The van der Waals surface area contributed by atoms with Crippen LogP contribution in [0.2, 0.25) is 5.02 Å². The minimum atomic E-state index is 0.318. The Morgan fingerprint density at radius 3 is 2.86 bits per heavy atom. The van der Waals surface area contributed by atoms with Crippen LogP contribution in [0.5, 0.6) is 11.5 Å². The molecule has 0 bridgehead atoms. The van der Waals surface area contributed by atoms with E-state index in [1.165, 1.54) is 5.56 Å². The summed E-state index contributed by atoms with van der Waals surface area (Å²) >= 11 is 6.08. The predicted molar refractivity (Wildman–Crippen MR) is 118 cm³/mol. The Labute approximate surface area is 176 Å². The molecular formula is C23H26ClN3O2. The second-order valence-corrected chi connectivity index (χ2v) is 7.70. The maximum atomic E-state index is 6.08. The van der Waals surface area contributed by atoms with Gasteiger partial charge in [0.1, 0.15) is 0 Å². The molecule has 0 spiro atoms. The van der Waals surface area contributed by atoms with Crippen molar-refractivity contribution < 1.29 is 9.47 Å². The summed E-state index contributed by atoms with van der Waals surface area (Å²) in [6, 6.07) is 14.1. The van der Waals surface area contributed by atoms with Crippen molar-refractivity contribution in [3.05, 3.63) is 59.2 Å². The molecule has 0 aliphatic carbocycles. The van der Waals surface area contributed by atoms with Crippen molar-refractivity contribution in [2.75, 3.05) is 31.7 Å². The summed E-state index contributed by atoms with van der Waals surface area (Å²) in [7, 11) is 0. The number of rotatable bonds is 9. The number of hydrogen-bond donors (Lipinski definition) is 1. The van der Waals surface area contributed by atoms with E-state index < -0.39 is 0 Å². The Bertz CT molecular complexity index is 979. The quantitative estimate of drug-likeness (QED) is 0.482. The fourth-order valence-corrected chi connectivity index (χ4v) is 3.85. The van der Waals surface area contributed by atoms with Crippen LogP contribution in [0.15, 0.2) is 48.7 Å². The lowest BCUT2D eigenvalue weighted by atomic mass is 10.1. The van der Waals surface area contributed by atoms with Crippen molar-refractivity contribution in [1.82, 2.24) is 9.88 Å². The lowest BCUT2D eigenvalue weighted by Crippen LogP contribution is -2.26. The first kappa shape index (κ1) is 19.8. The lowest BCUT2D eigenvalue weighted by Gasteiger charge is -2.22. The number of anilines is 1. The smallest absolute Gasteiger partial charge is 0.231 e. The number of hydrogen-bond acceptors (Lipinski definition) is 5. The molecule has 6 heteroatoms. The molecule has 5 nitrogen and oxygen atoms in total. The number of fused-ring (bicyclic) bond motifs is 2. The monoisotopic (exact) mass is 411 g/mol. The van der Waals surface area contributed by atoms with Crippen LogP contribution in [0.25, 0.3) is 10.9 Å². The van der Waals surface area contributed by atoms with Crippen LogP contribution in [0.3, 0.4) is 0 Å². The second kappa shape index (κ2) is 9.33. The first-order valence-corrected chi connectivity index (χ1v) is 10.5. The van der Waals surface area contributed by atoms with Gasteiger partial charge in [0.2, 0.25) is 6.79 Å². The van der Waals surface area contributed by atoms with Crippen LogP contribution < -0.4 is 14.8 Å². The SMILES string of the molecule is CCCN(CCCNc1ccnc2cc(Cl)ccc12)Cc1ccc2c(c1)OCO2. The van der Waals surface area contributed by atoms with Gasteiger partial charge >= 0.3 is 0 Å². The Kier molecular flexibility index (Phi) is 6.37. The molecule has 2 aromatic carbocycles. The van der Waals surface area contributed by atoms with Crippen LogP contribution in [0, 0.1) is 0 Å². The largest absolute Gasteiger partial charge is 0.454 e. The third-order valence-electron chi connectivity index (χ3n) is 5.05. The van der Waals surface area contributed by atoms with Gasteiger partial charge in [-0.3, -0.25) is 9.88 Å². The highest BCUT2D eigenvalue weighted by molar-refractivity contribution is 6.31. The molecule has 4 rings (SSSR count). The molecule has 0 saturated carbocycles. The van der Waals surface area contributed by atoms with Crippen molar-refractivity contribution in [2.24, 2.45) is 0 Å². The summed E-state index contributed by atoms with van der Waals surface area (Å²) in [4.78, 5) is 6.89. The van der Waals surface area contributed by atoms with Gasteiger partial charge in [-0.15, -0.1) is 0 Å². The van der Waals surface area contributed by atoms with E-state index in [-0.39, 0.29) is 0 Å². The Hall–Kier alpha value is -2.50. The van der Waals surface area contributed by atoms with E-state index in [4.69, 9.17) is 21.1 Å². The fraction of sp³-hybridized carbons (Fsp3) is 0.348. The van der Waals surface area contributed by atoms with E-state index in [0.717, 1.165) is 67.1 Å². The summed E-state index contributed by atoms with van der Waals surface area (Å²) in [6.45, 7) is 6.47. The average Bonchev–Trinajstić information content (AvgIpc) is 3.19. The molecule has 0 saturated heterocycles. The number of nitrogens with zero attached hydrogens (tertiary/aromatic N) is 2. The van der Waals surface area contributed by atoms with Gasteiger partial charge in [0.15, 0.2) is 11.5 Å². The molecule has 3 aromatic rings. The Morgan fingerprint density at radius 2 is 1.97 bits per heavy atom. The maximum absolute atomic E-state index is 6.08. The van der Waals surface area contributed by atoms with Gasteiger partial charge in [-0.2, -0.15) is 0 Å². The van der Waals surface area contributed by atoms with E-state index in [1.54, 1.807) is 0 Å². The van der Waals surface area contributed by atoms with Crippen LogP contribution in [-0.4, -0.2) is 36.3 Å². The molecule has 0 fully saturated rings. The van der Waals surface area contributed by atoms with Crippen LogP contribution in [0.1, 0.15) is 25.3 Å². The predicted octanol–water partition coefficient (Wildman–Crippen LogP) is 5.33. The maximum Gasteiger partial charge on any atom is 0.231 e. The van der Waals surface area contributed by atoms with Gasteiger partial charge in [-0.1, -0.05) is 24.6 Å². The van der Waals surface area contributed by atoms with Gasteiger partial charge in [0, 0.05) is 41.9 Å². The molecule has 0 amide bonds. The number of pyridine rings is 1. The summed E-state index contributed by atoms with van der Waals surface area (Å²) in [5.74, 6) is 1.69. The van der Waals surface area contributed by atoms with Gasteiger partial charge in [-0.05, 0) is 61.3 Å². The number of halogens is 1. The Morgan fingerprint density at radius 1 is 1.07 bits per heavy atom. The van der Waals surface area contributed by atoms with E-state index >= 15 is 0 Å². The molecule has 0 unspecified atom stereocenters. The molecule has 0 radical (unpaired) electrons. The third kappa shape index (κ3) is 4.92. The van der Waals surface area contributed by atoms with Crippen molar-refractivity contribution in [3.8, 4) is 11.5 Å². The van der Waals surface area contributed by atoms with Crippen molar-refractivity contribution in [2.45, 2.75) is 26.3 Å². The van der Waals surface area contributed by atoms with Crippen LogP contribution in [-0.2, 0) is 6.54 Å². The zero-order valence-electron chi connectivity index (χ0n) is 16.7. The summed E-state index contributed by atoms with van der Waals surface area (Å²) < 4.78 is 10.9. The highest BCUT2D eigenvalue weighted by atomic mass is 35.5. The molecule has 1 N–H and O–H groups in total. The highest BCUT2D eigenvalue weighted by Gasteiger charge is 2.14. The van der Waals surface area contributed by atoms with Crippen molar-refractivity contribution in [3.63, 3.8) is 0 Å². The van der Waals surface area contributed by atoms with E-state index in [9.17, 15) is 0 Å². The number of nitrogens with one attached hydrogen (secondary N) is 1. The standard InChI is InChI=1S/C23H26ClN3O2/c1-2-11-27(15-17-4-7-22-23(13-17)29-16-28-22)12-3-9-25-20-8-10-26-21-14-18(24)5-6-19(20)21/h4-8,10,13-14H,2-3,9,11-12,15-16H2,1H3,(H,25,26). The second-order valence-electron chi connectivity index (χ2n) is 7.26. The van der Waals surface area contributed by atoms with Gasteiger partial charge < -0.3 is 14.8 Å². The first-order chi connectivity index (χ1) is 14.2. The molecule has 152 valence electrons. The van der Waals surface area contributed by atoms with E-state index in [1.807, 2.05) is 36.5 Å². The van der Waals surface area contributed by atoms with Crippen LogP contribution >= 0.6 is 11.6 Å². The number of benzene rings is 2. The molecule has 1 aromatic heterocycles. The molecule has 1 aliphatic heterocycles. The lowest BCUT2D eigenvalue weighted by molar-refractivity contribution is 0.174. The summed E-state index contributed by atoms with van der Waals surface area (Å²) in [6.07, 6.45) is 4.01. The molecular weight excluding hydrogens is 386 g/mol. The zero-order valence-corrected chi connectivity index (χ0v) is 17.4. The molecule has 0 atom stereocenters. The van der Waals surface area contributed by atoms with Gasteiger partial charge in [0.25, 0.3) is 0 Å². The first-order valence-electron chi connectivity index (χ1n) is 10.1. The normalized spacial score (nSPS) is 12.7.